The monoisotopic (exact) mass is 474 g/mol. The lowest BCUT2D eigenvalue weighted by atomic mass is 10.0. The molecule has 0 saturated carbocycles. The Bertz CT molecular complexity index is 1210. The van der Waals surface area contributed by atoms with Crippen LogP contribution in [0.5, 0.6) is 0 Å². The van der Waals surface area contributed by atoms with E-state index in [4.69, 9.17) is 11.6 Å². The number of amides is 1. The Morgan fingerprint density at radius 3 is 2.69 bits per heavy atom. The SMILES string of the molecule is CC(C)C[C@H](NC(=O)c1ccc(N2CCCCS2(=O)=O)cc1Cl)c1nc2ccccc2[nH]1. The standard InChI is InChI=1S/C23H27ClN4O3S/c1-15(2)13-21(22-25-19-7-3-4-8-20(19)26-22)27-23(29)17-10-9-16(14-18(17)24)28-11-5-6-12-32(28,30)31/h3-4,7-10,14-15,21H,5-6,11-13H2,1-2H3,(H,25,26)(H,27,29)/t21-/m0/s1. The average molecular weight is 475 g/mol. The second-order valence-electron chi connectivity index (χ2n) is 8.55. The van der Waals surface area contributed by atoms with Crippen molar-refractivity contribution in [1.82, 2.24) is 15.3 Å². The van der Waals surface area contributed by atoms with Gasteiger partial charge in [-0.1, -0.05) is 37.6 Å². The molecule has 2 heterocycles. The number of carbonyl (C=O) groups excluding carboxylic acids is 1. The number of hydrogen-bond acceptors (Lipinski definition) is 4. The highest BCUT2D eigenvalue weighted by Gasteiger charge is 2.27. The lowest BCUT2D eigenvalue weighted by Crippen LogP contribution is -2.38. The van der Waals surface area contributed by atoms with Gasteiger partial charge in [-0.05, 0) is 55.5 Å². The Hall–Kier alpha value is -2.58. The molecule has 2 aromatic carbocycles. The summed E-state index contributed by atoms with van der Waals surface area (Å²) in [6.07, 6.45) is 2.16. The topological polar surface area (TPSA) is 95.2 Å². The lowest BCUT2D eigenvalue weighted by molar-refractivity contribution is 0.0930. The van der Waals surface area contributed by atoms with E-state index < -0.39 is 10.0 Å². The predicted molar refractivity (Wildman–Crippen MR) is 128 cm³/mol. The Balaban J connectivity index is 1.58. The molecule has 0 bridgehead atoms. The zero-order chi connectivity index (χ0) is 22.9. The molecule has 9 heteroatoms. The minimum absolute atomic E-state index is 0.126. The first-order chi connectivity index (χ1) is 15.2. The number of benzene rings is 2. The van der Waals surface area contributed by atoms with Crippen LogP contribution in [0.2, 0.25) is 5.02 Å². The predicted octanol–water partition coefficient (Wildman–Crippen LogP) is 4.66. The normalized spacial score (nSPS) is 16.9. The molecule has 0 aliphatic carbocycles. The lowest BCUT2D eigenvalue weighted by Gasteiger charge is -2.28. The first kappa shape index (κ1) is 22.6. The van der Waals surface area contributed by atoms with Gasteiger partial charge in [-0.25, -0.2) is 13.4 Å². The van der Waals surface area contributed by atoms with Crippen LogP contribution in [0, 0.1) is 5.92 Å². The number of hydrogen-bond donors (Lipinski definition) is 2. The first-order valence-electron chi connectivity index (χ1n) is 10.8. The van der Waals surface area contributed by atoms with Crippen molar-refractivity contribution < 1.29 is 13.2 Å². The molecule has 4 rings (SSSR count). The molecule has 1 fully saturated rings. The van der Waals surface area contributed by atoms with Crippen LogP contribution in [0.1, 0.15) is 55.3 Å². The van der Waals surface area contributed by atoms with E-state index in [0.29, 0.717) is 42.4 Å². The van der Waals surface area contributed by atoms with Crippen LogP contribution in [0.3, 0.4) is 0 Å². The molecule has 0 spiro atoms. The number of carbonyl (C=O) groups is 1. The Kier molecular flexibility index (Phi) is 6.44. The van der Waals surface area contributed by atoms with Gasteiger partial charge in [-0.2, -0.15) is 0 Å². The van der Waals surface area contributed by atoms with Crippen LogP contribution in [-0.2, 0) is 10.0 Å². The van der Waals surface area contributed by atoms with E-state index in [1.54, 1.807) is 18.2 Å². The minimum atomic E-state index is -3.35. The number of aromatic amines is 1. The summed E-state index contributed by atoms with van der Waals surface area (Å²) in [5.41, 5.74) is 2.54. The van der Waals surface area contributed by atoms with E-state index in [1.165, 1.54) is 4.31 Å². The maximum Gasteiger partial charge on any atom is 0.253 e. The third-order valence-corrected chi connectivity index (χ3v) is 7.77. The quantitative estimate of drug-likeness (QED) is 0.543. The zero-order valence-corrected chi connectivity index (χ0v) is 19.7. The number of anilines is 1. The third kappa shape index (κ3) is 4.76. The summed E-state index contributed by atoms with van der Waals surface area (Å²) in [5.74, 6) is 0.826. The number of fused-ring (bicyclic) bond motifs is 1. The highest BCUT2D eigenvalue weighted by Crippen LogP contribution is 2.29. The van der Waals surface area contributed by atoms with Gasteiger partial charge in [0.15, 0.2) is 0 Å². The summed E-state index contributed by atoms with van der Waals surface area (Å²) in [6, 6.07) is 12.2. The van der Waals surface area contributed by atoms with E-state index in [2.05, 4.69) is 29.1 Å². The molecule has 7 nitrogen and oxygen atoms in total. The summed E-state index contributed by atoms with van der Waals surface area (Å²) < 4.78 is 26.1. The number of H-pyrrole nitrogens is 1. The van der Waals surface area contributed by atoms with Gasteiger partial charge < -0.3 is 10.3 Å². The minimum Gasteiger partial charge on any atom is -0.342 e. The summed E-state index contributed by atoms with van der Waals surface area (Å²) in [5, 5.41) is 3.27. The van der Waals surface area contributed by atoms with Crippen LogP contribution in [-0.4, -0.2) is 36.6 Å². The van der Waals surface area contributed by atoms with Gasteiger partial charge in [0.25, 0.3) is 5.91 Å². The number of imidazole rings is 1. The molecule has 0 unspecified atom stereocenters. The highest BCUT2D eigenvalue weighted by molar-refractivity contribution is 7.92. The van der Waals surface area contributed by atoms with Gasteiger partial charge in [0.2, 0.25) is 10.0 Å². The Morgan fingerprint density at radius 1 is 1.22 bits per heavy atom. The van der Waals surface area contributed by atoms with Gasteiger partial charge in [0.05, 0.1) is 39.1 Å². The molecule has 1 saturated heterocycles. The van der Waals surface area contributed by atoms with Gasteiger partial charge in [0.1, 0.15) is 5.82 Å². The molecule has 1 atom stereocenters. The average Bonchev–Trinajstić information content (AvgIpc) is 3.17. The van der Waals surface area contributed by atoms with Crippen LogP contribution < -0.4 is 9.62 Å². The van der Waals surface area contributed by atoms with E-state index in [9.17, 15) is 13.2 Å². The van der Waals surface area contributed by atoms with E-state index in [0.717, 1.165) is 17.5 Å². The smallest absolute Gasteiger partial charge is 0.253 e. The van der Waals surface area contributed by atoms with Crippen LogP contribution in [0.15, 0.2) is 42.5 Å². The fourth-order valence-corrected chi connectivity index (χ4v) is 5.90. The molecule has 1 aliphatic rings. The van der Waals surface area contributed by atoms with E-state index >= 15 is 0 Å². The molecule has 1 aromatic heterocycles. The molecule has 2 N–H and O–H groups in total. The Morgan fingerprint density at radius 2 is 2.00 bits per heavy atom. The largest absolute Gasteiger partial charge is 0.342 e. The maximum absolute atomic E-state index is 13.1. The maximum atomic E-state index is 13.1. The molecular weight excluding hydrogens is 448 g/mol. The summed E-state index contributed by atoms with van der Waals surface area (Å²) in [6.45, 7) is 4.60. The molecule has 0 radical (unpaired) electrons. The molecule has 1 aliphatic heterocycles. The summed E-state index contributed by atoms with van der Waals surface area (Å²) in [7, 11) is -3.35. The number of para-hydroxylation sites is 2. The summed E-state index contributed by atoms with van der Waals surface area (Å²) >= 11 is 6.43. The van der Waals surface area contributed by atoms with Gasteiger partial charge in [-0.15, -0.1) is 0 Å². The van der Waals surface area contributed by atoms with Crippen LogP contribution in [0.4, 0.5) is 5.69 Å². The van der Waals surface area contributed by atoms with Gasteiger partial charge in [0, 0.05) is 6.54 Å². The number of halogens is 1. The molecule has 170 valence electrons. The number of rotatable bonds is 6. The molecule has 1 amide bonds. The first-order valence-corrected chi connectivity index (χ1v) is 12.8. The van der Waals surface area contributed by atoms with Gasteiger partial charge in [-0.3, -0.25) is 9.10 Å². The molecule has 32 heavy (non-hydrogen) atoms. The van der Waals surface area contributed by atoms with Crippen LogP contribution >= 0.6 is 11.6 Å². The second kappa shape index (κ2) is 9.11. The third-order valence-electron chi connectivity index (χ3n) is 5.58. The fraction of sp³-hybridized carbons (Fsp3) is 0.391. The second-order valence-corrected chi connectivity index (χ2v) is 11.0. The number of aromatic nitrogens is 2. The van der Waals surface area contributed by atoms with Crippen molar-refractivity contribution in [3.05, 3.63) is 58.9 Å². The number of nitrogens with one attached hydrogen (secondary N) is 2. The van der Waals surface area contributed by atoms with Crippen LogP contribution in [0.25, 0.3) is 11.0 Å². The number of nitrogens with zero attached hydrogens (tertiary/aromatic N) is 2. The van der Waals surface area contributed by atoms with E-state index in [1.807, 2.05) is 24.3 Å². The molecule has 3 aromatic rings. The van der Waals surface area contributed by atoms with Crippen molar-refractivity contribution in [2.24, 2.45) is 5.92 Å². The van der Waals surface area contributed by atoms with Crippen molar-refractivity contribution >= 4 is 44.3 Å². The van der Waals surface area contributed by atoms with Crippen molar-refractivity contribution in [2.75, 3.05) is 16.6 Å². The van der Waals surface area contributed by atoms with E-state index in [-0.39, 0.29) is 22.7 Å². The highest BCUT2D eigenvalue weighted by atomic mass is 35.5. The fourth-order valence-electron chi connectivity index (χ4n) is 4.01. The summed E-state index contributed by atoms with van der Waals surface area (Å²) in [4.78, 5) is 21.0. The Labute approximate surface area is 193 Å². The molecular formula is C23H27ClN4O3S. The van der Waals surface area contributed by atoms with Crippen molar-refractivity contribution in [3.8, 4) is 0 Å². The zero-order valence-electron chi connectivity index (χ0n) is 18.1. The van der Waals surface area contributed by atoms with Crippen molar-refractivity contribution in [3.63, 3.8) is 0 Å². The van der Waals surface area contributed by atoms with Gasteiger partial charge >= 0.3 is 0 Å². The van der Waals surface area contributed by atoms with Crippen molar-refractivity contribution in [2.45, 2.75) is 39.2 Å². The number of sulfonamides is 1. The van der Waals surface area contributed by atoms with Crippen molar-refractivity contribution in [1.29, 1.82) is 0 Å².